The van der Waals surface area contributed by atoms with Gasteiger partial charge in [0.15, 0.2) is 5.82 Å². The van der Waals surface area contributed by atoms with Gasteiger partial charge in [0.2, 0.25) is 0 Å². The van der Waals surface area contributed by atoms with Gasteiger partial charge in [-0.2, -0.15) is 0 Å². The van der Waals surface area contributed by atoms with Crippen LogP contribution in [0, 0.1) is 0 Å². The molecule has 2 heterocycles. The van der Waals surface area contributed by atoms with Gasteiger partial charge < -0.3 is 0 Å². The van der Waals surface area contributed by atoms with E-state index in [0.717, 1.165) is 44.8 Å². The van der Waals surface area contributed by atoms with Gasteiger partial charge in [-0.1, -0.05) is 176 Å². The molecule has 0 radical (unpaired) electrons. The van der Waals surface area contributed by atoms with Crippen molar-refractivity contribution in [1.29, 1.82) is 0 Å². The summed E-state index contributed by atoms with van der Waals surface area (Å²) in [5, 5.41) is 0. The van der Waals surface area contributed by atoms with E-state index in [9.17, 15) is 0 Å². The lowest BCUT2D eigenvalue weighted by molar-refractivity contribution is 1.18. The third-order valence-corrected chi connectivity index (χ3v) is 9.82. The molecule has 54 heavy (non-hydrogen) atoms. The highest BCUT2D eigenvalue weighted by molar-refractivity contribution is 5.98. The van der Waals surface area contributed by atoms with Crippen molar-refractivity contribution in [3.8, 4) is 89.5 Å². The smallest absolute Gasteiger partial charge is 0.160 e. The predicted octanol–water partition coefficient (Wildman–Crippen LogP) is 13.2. The highest BCUT2D eigenvalue weighted by Gasteiger charge is 2.18. The van der Waals surface area contributed by atoms with Crippen LogP contribution in [0.15, 0.2) is 213 Å². The van der Waals surface area contributed by atoms with E-state index in [1.165, 1.54) is 38.9 Å². The Hall–Kier alpha value is -7.23. The molecule has 7 aromatic carbocycles. The maximum Gasteiger partial charge on any atom is 0.160 e. The minimum atomic E-state index is 0.683. The molecule has 0 bridgehead atoms. The Labute approximate surface area is 316 Å². The van der Waals surface area contributed by atoms with Gasteiger partial charge in [-0.05, 0) is 79.9 Å². The monoisotopic (exact) mass is 689 g/mol. The lowest BCUT2D eigenvalue weighted by Crippen LogP contribution is -1.96. The van der Waals surface area contributed by atoms with Crippen molar-refractivity contribution in [3.63, 3.8) is 0 Å². The number of hydrogen-bond donors (Lipinski definition) is 0. The minimum Gasteiger partial charge on any atom is -0.264 e. The first-order valence-corrected chi connectivity index (χ1v) is 18.2. The van der Waals surface area contributed by atoms with E-state index in [-0.39, 0.29) is 0 Å². The van der Waals surface area contributed by atoms with Gasteiger partial charge in [-0.3, -0.25) is 4.98 Å². The largest absolute Gasteiger partial charge is 0.264 e. The molecule has 0 atom stereocenters. The molecule has 0 spiro atoms. The average Bonchev–Trinajstić information content (AvgIpc) is 3.27. The maximum absolute atomic E-state index is 5.16. The molecule has 0 fully saturated rings. The Morgan fingerprint density at radius 1 is 0.278 bits per heavy atom. The highest BCUT2D eigenvalue weighted by Crippen LogP contribution is 2.44. The van der Waals surface area contributed by atoms with Crippen LogP contribution >= 0.6 is 0 Å². The summed E-state index contributed by atoms with van der Waals surface area (Å²) < 4.78 is 0. The van der Waals surface area contributed by atoms with Crippen molar-refractivity contribution in [3.05, 3.63) is 213 Å². The Morgan fingerprint density at radius 3 is 1.20 bits per heavy atom. The van der Waals surface area contributed by atoms with Gasteiger partial charge in [0.1, 0.15) is 0 Å². The lowest BCUT2D eigenvalue weighted by Gasteiger charge is -2.19. The molecule has 3 nitrogen and oxygen atoms in total. The van der Waals surface area contributed by atoms with Crippen molar-refractivity contribution in [2.24, 2.45) is 0 Å². The number of nitrogens with zero attached hydrogens (tertiary/aromatic N) is 3. The molecule has 0 aliphatic carbocycles. The number of pyridine rings is 1. The van der Waals surface area contributed by atoms with Crippen LogP contribution in [-0.4, -0.2) is 15.0 Å². The van der Waals surface area contributed by atoms with Crippen LogP contribution in [0.1, 0.15) is 0 Å². The van der Waals surface area contributed by atoms with E-state index in [1.54, 1.807) is 6.20 Å². The van der Waals surface area contributed by atoms with Crippen LogP contribution in [0.3, 0.4) is 0 Å². The normalized spacial score (nSPS) is 11.0. The number of hydrogen-bond acceptors (Lipinski definition) is 3. The summed E-state index contributed by atoms with van der Waals surface area (Å²) in [6, 6.07) is 70.4. The zero-order chi connectivity index (χ0) is 36.1. The molecule has 0 saturated heterocycles. The summed E-state index contributed by atoms with van der Waals surface area (Å²) in [4.78, 5) is 14.5. The second kappa shape index (κ2) is 14.8. The zero-order valence-corrected chi connectivity index (χ0v) is 29.5. The van der Waals surface area contributed by atoms with E-state index < -0.39 is 0 Å². The standard InChI is InChI=1S/C51H35N3/c1-5-14-36(15-6-1)45-32-46(38-16-7-2-8-17-38)50(47(33-45)39-18-9-3-10-19-39)42-27-25-41(26-28-42)49-34-48(40-20-11-4-12-21-40)53-51(54-49)43-29-23-37(24-30-43)44-22-13-31-52-35-44/h1-35H. The maximum atomic E-state index is 5.16. The second-order valence-corrected chi connectivity index (χ2v) is 13.3. The van der Waals surface area contributed by atoms with E-state index in [0.29, 0.717) is 5.82 Å². The van der Waals surface area contributed by atoms with Crippen LogP contribution < -0.4 is 0 Å². The molecule has 254 valence electrons. The number of rotatable bonds is 8. The molecule has 9 rings (SSSR count). The van der Waals surface area contributed by atoms with Crippen molar-refractivity contribution < 1.29 is 0 Å². The van der Waals surface area contributed by atoms with Crippen molar-refractivity contribution in [1.82, 2.24) is 15.0 Å². The molecule has 0 saturated carbocycles. The van der Waals surface area contributed by atoms with Gasteiger partial charge in [0.05, 0.1) is 11.4 Å². The summed E-state index contributed by atoms with van der Waals surface area (Å²) >= 11 is 0. The fourth-order valence-corrected chi connectivity index (χ4v) is 7.08. The van der Waals surface area contributed by atoms with Crippen molar-refractivity contribution in [2.45, 2.75) is 0 Å². The highest BCUT2D eigenvalue weighted by atomic mass is 14.9. The summed E-state index contributed by atoms with van der Waals surface area (Å²) in [5.41, 5.74) is 16.4. The van der Waals surface area contributed by atoms with Gasteiger partial charge in [-0.25, -0.2) is 9.97 Å². The fraction of sp³-hybridized carbons (Fsp3) is 0. The Morgan fingerprint density at radius 2 is 0.685 bits per heavy atom. The summed E-state index contributed by atoms with van der Waals surface area (Å²) in [6.07, 6.45) is 3.67. The Bertz CT molecular complexity index is 2580. The van der Waals surface area contributed by atoms with E-state index in [2.05, 4.69) is 181 Å². The third-order valence-electron chi connectivity index (χ3n) is 9.82. The fourth-order valence-electron chi connectivity index (χ4n) is 7.08. The van der Waals surface area contributed by atoms with E-state index >= 15 is 0 Å². The average molecular weight is 690 g/mol. The summed E-state index contributed by atoms with van der Waals surface area (Å²) in [5.74, 6) is 0.683. The predicted molar refractivity (Wildman–Crippen MR) is 223 cm³/mol. The molecular formula is C51H35N3. The summed E-state index contributed by atoms with van der Waals surface area (Å²) in [6.45, 7) is 0. The third kappa shape index (κ3) is 6.74. The van der Waals surface area contributed by atoms with Crippen molar-refractivity contribution in [2.75, 3.05) is 0 Å². The molecule has 0 amide bonds. The molecule has 0 aliphatic heterocycles. The first-order chi connectivity index (χ1) is 26.8. The van der Waals surface area contributed by atoms with Gasteiger partial charge in [0, 0.05) is 29.1 Å². The van der Waals surface area contributed by atoms with E-state index in [4.69, 9.17) is 9.97 Å². The molecule has 2 aromatic heterocycles. The van der Waals surface area contributed by atoms with Gasteiger partial charge >= 0.3 is 0 Å². The first kappa shape index (κ1) is 32.7. The lowest BCUT2D eigenvalue weighted by atomic mass is 9.84. The number of aromatic nitrogens is 3. The SMILES string of the molecule is c1ccc(-c2cc(-c3ccccc3)c(-c3ccc(-c4cc(-c5ccccc5)nc(-c5ccc(-c6cccnc6)cc5)n4)cc3)c(-c3ccccc3)c2)cc1. The number of benzene rings is 7. The van der Waals surface area contributed by atoms with E-state index in [1.807, 2.05) is 30.5 Å². The first-order valence-electron chi connectivity index (χ1n) is 18.2. The van der Waals surface area contributed by atoms with Crippen LogP contribution in [0.4, 0.5) is 0 Å². The Balaban J connectivity index is 1.17. The molecule has 9 aromatic rings. The van der Waals surface area contributed by atoms with Crippen LogP contribution in [0.2, 0.25) is 0 Å². The molecule has 0 unspecified atom stereocenters. The molecule has 3 heteroatoms. The molecule has 0 N–H and O–H groups in total. The van der Waals surface area contributed by atoms with Crippen LogP contribution in [0.25, 0.3) is 89.5 Å². The topological polar surface area (TPSA) is 38.7 Å². The summed E-state index contributed by atoms with van der Waals surface area (Å²) in [7, 11) is 0. The van der Waals surface area contributed by atoms with Crippen molar-refractivity contribution >= 4 is 0 Å². The van der Waals surface area contributed by atoms with Crippen LogP contribution in [0.5, 0.6) is 0 Å². The zero-order valence-electron chi connectivity index (χ0n) is 29.5. The second-order valence-electron chi connectivity index (χ2n) is 13.3. The van der Waals surface area contributed by atoms with Gasteiger partial charge in [-0.15, -0.1) is 0 Å². The molecular weight excluding hydrogens is 655 g/mol. The minimum absolute atomic E-state index is 0.683. The van der Waals surface area contributed by atoms with Gasteiger partial charge in [0.25, 0.3) is 0 Å². The quantitative estimate of drug-likeness (QED) is 0.159. The van der Waals surface area contributed by atoms with Crippen LogP contribution in [-0.2, 0) is 0 Å². The Kier molecular flexibility index (Phi) is 8.94. The molecule has 0 aliphatic rings.